The maximum atomic E-state index is 10.3. The van der Waals surface area contributed by atoms with Gasteiger partial charge < -0.3 is 0 Å². The SMILES string of the molecule is CC1(c2ccc([N+](=O)[O-])cn2)CC1. The Morgan fingerprint density at radius 3 is 2.62 bits per heavy atom. The van der Waals surface area contributed by atoms with Crippen LogP contribution in [0, 0.1) is 10.1 Å². The first-order valence-electron chi connectivity index (χ1n) is 4.23. The molecule has 0 saturated heterocycles. The molecule has 0 aromatic carbocycles. The molecule has 0 amide bonds. The van der Waals surface area contributed by atoms with Crippen molar-refractivity contribution >= 4 is 5.69 Å². The number of hydrogen-bond donors (Lipinski definition) is 0. The third-order valence-corrected chi connectivity index (χ3v) is 2.58. The van der Waals surface area contributed by atoms with Gasteiger partial charge in [0, 0.05) is 17.2 Å². The number of nitrogens with zero attached hydrogens (tertiary/aromatic N) is 2. The van der Waals surface area contributed by atoms with Crippen LogP contribution in [0.3, 0.4) is 0 Å². The smallest absolute Gasteiger partial charge is 0.258 e. The first-order valence-corrected chi connectivity index (χ1v) is 4.23. The summed E-state index contributed by atoms with van der Waals surface area (Å²) in [4.78, 5) is 14.0. The molecule has 1 aromatic rings. The summed E-state index contributed by atoms with van der Waals surface area (Å²) in [5.41, 5.74) is 1.22. The zero-order chi connectivity index (χ0) is 9.47. The lowest BCUT2D eigenvalue weighted by molar-refractivity contribution is -0.385. The molecule has 0 unspecified atom stereocenters. The molecule has 2 rings (SSSR count). The number of nitro groups is 1. The van der Waals surface area contributed by atoms with Crippen molar-refractivity contribution in [3.8, 4) is 0 Å². The molecule has 1 fully saturated rings. The highest BCUT2D eigenvalue weighted by Crippen LogP contribution is 2.46. The monoisotopic (exact) mass is 178 g/mol. The lowest BCUT2D eigenvalue weighted by atomic mass is 10.1. The Morgan fingerprint density at radius 2 is 2.23 bits per heavy atom. The van der Waals surface area contributed by atoms with Crippen molar-refractivity contribution in [3.05, 3.63) is 34.1 Å². The molecule has 0 aliphatic heterocycles. The third-order valence-electron chi connectivity index (χ3n) is 2.58. The average Bonchev–Trinajstić information content (AvgIpc) is 2.85. The molecule has 1 aliphatic rings. The normalized spacial score (nSPS) is 18.2. The molecule has 4 heteroatoms. The Kier molecular flexibility index (Phi) is 1.58. The molecule has 0 bridgehead atoms. The summed E-state index contributed by atoms with van der Waals surface area (Å²) >= 11 is 0. The Bertz CT molecular complexity index is 341. The van der Waals surface area contributed by atoms with E-state index in [1.807, 2.05) is 0 Å². The van der Waals surface area contributed by atoms with E-state index in [4.69, 9.17) is 0 Å². The van der Waals surface area contributed by atoms with Gasteiger partial charge >= 0.3 is 0 Å². The Balaban J connectivity index is 2.28. The minimum absolute atomic E-state index is 0.0630. The molecule has 1 saturated carbocycles. The van der Waals surface area contributed by atoms with E-state index in [1.165, 1.54) is 12.3 Å². The van der Waals surface area contributed by atoms with Crippen molar-refractivity contribution in [3.63, 3.8) is 0 Å². The van der Waals surface area contributed by atoms with Crippen LogP contribution in [-0.2, 0) is 5.41 Å². The lowest BCUT2D eigenvalue weighted by Crippen LogP contribution is -2.02. The number of rotatable bonds is 2. The number of pyridine rings is 1. The first kappa shape index (κ1) is 8.16. The maximum Gasteiger partial charge on any atom is 0.287 e. The molecule has 68 valence electrons. The van der Waals surface area contributed by atoms with Crippen LogP contribution in [0.4, 0.5) is 5.69 Å². The Labute approximate surface area is 75.8 Å². The van der Waals surface area contributed by atoms with Crippen molar-refractivity contribution in [1.29, 1.82) is 0 Å². The van der Waals surface area contributed by atoms with E-state index in [9.17, 15) is 10.1 Å². The summed E-state index contributed by atoms with van der Waals surface area (Å²) in [5, 5.41) is 10.3. The highest BCUT2D eigenvalue weighted by molar-refractivity contribution is 5.31. The van der Waals surface area contributed by atoms with Crippen molar-refractivity contribution in [2.45, 2.75) is 25.2 Å². The molecular weight excluding hydrogens is 168 g/mol. The van der Waals surface area contributed by atoms with Gasteiger partial charge in [0.15, 0.2) is 0 Å². The van der Waals surface area contributed by atoms with Gasteiger partial charge in [-0.15, -0.1) is 0 Å². The van der Waals surface area contributed by atoms with Crippen molar-refractivity contribution < 1.29 is 4.92 Å². The standard InChI is InChI=1S/C9H10N2O2/c1-9(4-5-9)8-3-2-7(6-10-8)11(12)13/h2-3,6H,4-5H2,1H3. The van der Waals surface area contributed by atoms with Crippen LogP contribution < -0.4 is 0 Å². The van der Waals surface area contributed by atoms with E-state index in [0.717, 1.165) is 18.5 Å². The van der Waals surface area contributed by atoms with Gasteiger partial charge in [0.1, 0.15) is 6.20 Å². The molecule has 0 radical (unpaired) electrons. The molecular formula is C9H10N2O2. The molecule has 4 nitrogen and oxygen atoms in total. The molecule has 1 aromatic heterocycles. The zero-order valence-corrected chi connectivity index (χ0v) is 7.36. The van der Waals surface area contributed by atoms with Crippen LogP contribution in [-0.4, -0.2) is 9.91 Å². The lowest BCUT2D eigenvalue weighted by Gasteiger charge is -2.05. The molecule has 0 spiro atoms. The average molecular weight is 178 g/mol. The van der Waals surface area contributed by atoms with Crippen LogP contribution in [0.25, 0.3) is 0 Å². The van der Waals surface area contributed by atoms with Crippen molar-refractivity contribution in [1.82, 2.24) is 4.98 Å². The van der Waals surface area contributed by atoms with Gasteiger partial charge in [0.2, 0.25) is 0 Å². The number of hydrogen-bond acceptors (Lipinski definition) is 3. The topological polar surface area (TPSA) is 56.0 Å². The highest BCUT2D eigenvalue weighted by atomic mass is 16.6. The van der Waals surface area contributed by atoms with Crippen LogP contribution >= 0.6 is 0 Å². The second-order valence-electron chi connectivity index (χ2n) is 3.72. The van der Waals surface area contributed by atoms with Gasteiger partial charge in [-0.05, 0) is 18.9 Å². The number of aromatic nitrogens is 1. The summed E-state index contributed by atoms with van der Waals surface area (Å²) in [7, 11) is 0. The fraction of sp³-hybridized carbons (Fsp3) is 0.444. The van der Waals surface area contributed by atoms with Crippen LogP contribution in [0.1, 0.15) is 25.5 Å². The molecule has 1 aliphatic carbocycles. The minimum Gasteiger partial charge on any atom is -0.258 e. The highest BCUT2D eigenvalue weighted by Gasteiger charge is 2.40. The van der Waals surface area contributed by atoms with E-state index in [2.05, 4.69) is 11.9 Å². The molecule has 0 N–H and O–H groups in total. The van der Waals surface area contributed by atoms with Gasteiger partial charge in [0.25, 0.3) is 5.69 Å². The van der Waals surface area contributed by atoms with Crippen molar-refractivity contribution in [2.24, 2.45) is 0 Å². The van der Waals surface area contributed by atoms with E-state index in [0.29, 0.717) is 0 Å². The molecule has 1 heterocycles. The van der Waals surface area contributed by atoms with Crippen LogP contribution in [0.15, 0.2) is 18.3 Å². The summed E-state index contributed by atoms with van der Waals surface area (Å²) in [6, 6.07) is 3.27. The van der Waals surface area contributed by atoms with Gasteiger partial charge in [-0.2, -0.15) is 0 Å². The van der Waals surface area contributed by atoms with Gasteiger partial charge in [-0.3, -0.25) is 15.1 Å². The van der Waals surface area contributed by atoms with E-state index < -0.39 is 4.92 Å². The van der Waals surface area contributed by atoms with E-state index in [1.54, 1.807) is 6.07 Å². The quantitative estimate of drug-likeness (QED) is 0.514. The van der Waals surface area contributed by atoms with Gasteiger partial charge in [-0.25, -0.2) is 0 Å². The van der Waals surface area contributed by atoms with Gasteiger partial charge in [-0.1, -0.05) is 6.92 Å². The molecule has 0 atom stereocenters. The van der Waals surface area contributed by atoms with E-state index >= 15 is 0 Å². The first-order chi connectivity index (χ1) is 6.12. The zero-order valence-electron chi connectivity index (χ0n) is 7.36. The fourth-order valence-electron chi connectivity index (χ4n) is 1.29. The summed E-state index contributed by atoms with van der Waals surface area (Å²) in [6.07, 6.45) is 3.61. The largest absolute Gasteiger partial charge is 0.287 e. The summed E-state index contributed by atoms with van der Waals surface area (Å²) < 4.78 is 0. The predicted molar refractivity (Wildman–Crippen MR) is 47.5 cm³/mol. The minimum atomic E-state index is -0.425. The fourth-order valence-corrected chi connectivity index (χ4v) is 1.29. The second kappa shape index (κ2) is 2.52. The van der Waals surface area contributed by atoms with Crippen LogP contribution in [0.2, 0.25) is 0 Å². The van der Waals surface area contributed by atoms with Crippen molar-refractivity contribution in [2.75, 3.05) is 0 Å². The van der Waals surface area contributed by atoms with E-state index in [-0.39, 0.29) is 11.1 Å². The Morgan fingerprint density at radius 1 is 1.54 bits per heavy atom. The maximum absolute atomic E-state index is 10.3. The van der Waals surface area contributed by atoms with Gasteiger partial charge in [0.05, 0.1) is 4.92 Å². The second-order valence-corrected chi connectivity index (χ2v) is 3.72. The summed E-state index contributed by atoms with van der Waals surface area (Å²) in [6.45, 7) is 2.13. The Hall–Kier alpha value is -1.45. The van der Waals surface area contributed by atoms with Crippen LogP contribution in [0.5, 0.6) is 0 Å². The predicted octanol–water partition coefficient (Wildman–Crippen LogP) is 2.04. The third kappa shape index (κ3) is 1.39. The summed E-state index contributed by atoms with van der Waals surface area (Å²) in [5.74, 6) is 0. The molecule has 13 heavy (non-hydrogen) atoms.